The number of benzene rings is 1. The fraction of sp³-hybridized carbons (Fsp3) is 0.333. The molecular formula is C12H13ClN2OS. The maximum Gasteiger partial charge on any atom is 0.276 e. The lowest BCUT2D eigenvalue weighted by molar-refractivity contribution is 0.411. The number of rotatable bonds is 5. The Hall–Kier alpha value is -1.00. The molecule has 0 aliphatic carbocycles. The summed E-state index contributed by atoms with van der Waals surface area (Å²) >= 11 is 7.58. The van der Waals surface area contributed by atoms with Crippen LogP contribution in [0.5, 0.6) is 0 Å². The molecule has 0 N–H and O–H groups in total. The smallest absolute Gasteiger partial charge is 0.276 e. The van der Waals surface area contributed by atoms with Crippen molar-refractivity contribution >= 4 is 23.4 Å². The predicted molar refractivity (Wildman–Crippen MR) is 69.3 cm³/mol. The summed E-state index contributed by atoms with van der Waals surface area (Å²) in [6.45, 7) is 2.08. The van der Waals surface area contributed by atoms with Crippen molar-refractivity contribution in [1.82, 2.24) is 10.2 Å². The van der Waals surface area contributed by atoms with Crippen molar-refractivity contribution in [3.05, 3.63) is 40.7 Å². The van der Waals surface area contributed by atoms with E-state index in [0.29, 0.717) is 11.1 Å². The van der Waals surface area contributed by atoms with E-state index in [-0.39, 0.29) is 0 Å². The number of aryl methyl sites for hydroxylation is 1. The van der Waals surface area contributed by atoms with Gasteiger partial charge in [-0.25, -0.2) is 0 Å². The van der Waals surface area contributed by atoms with Crippen molar-refractivity contribution in [3.63, 3.8) is 0 Å². The molecule has 0 saturated carbocycles. The van der Waals surface area contributed by atoms with Crippen molar-refractivity contribution in [2.75, 3.05) is 0 Å². The highest BCUT2D eigenvalue weighted by molar-refractivity contribution is 7.98. The first kappa shape index (κ1) is 12.5. The van der Waals surface area contributed by atoms with Crippen LogP contribution in [0.2, 0.25) is 5.02 Å². The van der Waals surface area contributed by atoms with Crippen LogP contribution in [0.25, 0.3) is 0 Å². The number of hydrogen-bond donors (Lipinski definition) is 0. The molecule has 0 radical (unpaired) electrons. The van der Waals surface area contributed by atoms with Crippen molar-refractivity contribution < 1.29 is 4.42 Å². The van der Waals surface area contributed by atoms with Crippen molar-refractivity contribution in [2.24, 2.45) is 0 Å². The minimum absolute atomic E-state index is 0.605. The van der Waals surface area contributed by atoms with Gasteiger partial charge in [0.25, 0.3) is 5.22 Å². The number of hydrogen-bond acceptors (Lipinski definition) is 4. The third kappa shape index (κ3) is 3.48. The van der Waals surface area contributed by atoms with E-state index < -0.39 is 0 Å². The van der Waals surface area contributed by atoms with Crippen molar-refractivity contribution in [3.8, 4) is 0 Å². The first-order valence-electron chi connectivity index (χ1n) is 5.48. The van der Waals surface area contributed by atoms with Gasteiger partial charge in [-0.1, -0.05) is 48.5 Å². The van der Waals surface area contributed by atoms with Crippen LogP contribution in [0.1, 0.15) is 24.8 Å². The van der Waals surface area contributed by atoms with Crippen molar-refractivity contribution in [1.29, 1.82) is 0 Å². The van der Waals surface area contributed by atoms with Crippen molar-refractivity contribution in [2.45, 2.75) is 30.7 Å². The summed E-state index contributed by atoms with van der Waals surface area (Å²) in [7, 11) is 0. The van der Waals surface area contributed by atoms with Gasteiger partial charge in [-0.15, -0.1) is 10.2 Å². The fourth-order valence-corrected chi connectivity index (χ4v) is 2.43. The van der Waals surface area contributed by atoms with Gasteiger partial charge in [0, 0.05) is 17.2 Å². The molecule has 0 fully saturated rings. The summed E-state index contributed by atoms with van der Waals surface area (Å²) in [6.07, 6.45) is 1.84. The van der Waals surface area contributed by atoms with Gasteiger partial charge in [-0.2, -0.15) is 0 Å². The van der Waals surface area contributed by atoms with Crippen LogP contribution < -0.4 is 0 Å². The van der Waals surface area contributed by atoms with Gasteiger partial charge in [-0.05, 0) is 18.1 Å². The van der Waals surface area contributed by atoms with Crippen LogP contribution in [-0.2, 0) is 12.2 Å². The molecule has 2 aromatic rings. The molecule has 90 valence electrons. The molecule has 3 nitrogen and oxygen atoms in total. The average Bonchev–Trinajstić information content (AvgIpc) is 2.76. The Labute approximate surface area is 110 Å². The first-order chi connectivity index (χ1) is 8.29. The highest BCUT2D eigenvalue weighted by Crippen LogP contribution is 2.25. The highest BCUT2D eigenvalue weighted by atomic mass is 35.5. The minimum Gasteiger partial charge on any atom is -0.416 e. The maximum absolute atomic E-state index is 6.07. The minimum atomic E-state index is 0.605. The van der Waals surface area contributed by atoms with Crippen LogP contribution in [0.3, 0.4) is 0 Å². The van der Waals surface area contributed by atoms with E-state index in [1.807, 2.05) is 24.3 Å². The molecule has 0 aliphatic rings. The second kappa shape index (κ2) is 6.07. The van der Waals surface area contributed by atoms with Gasteiger partial charge in [0.1, 0.15) is 0 Å². The zero-order valence-corrected chi connectivity index (χ0v) is 11.1. The van der Waals surface area contributed by atoms with Gasteiger partial charge in [0.2, 0.25) is 5.89 Å². The van der Waals surface area contributed by atoms with Crippen LogP contribution in [0.15, 0.2) is 33.9 Å². The van der Waals surface area contributed by atoms with Gasteiger partial charge >= 0.3 is 0 Å². The Morgan fingerprint density at radius 3 is 2.88 bits per heavy atom. The summed E-state index contributed by atoms with van der Waals surface area (Å²) in [5.74, 6) is 1.45. The summed E-state index contributed by atoms with van der Waals surface area (Å²) in [6, 6.07) is 7.77. The molecule has 0 amide bonds. The zero-order chi connectivity index (χ0) is 12.1. The number of aromatic nitrogens is 2. The van der Waals surface area contributed by atoms with E-state index in [4.69, 9.17) is 16.0 Å². The predicted octanol–water partition coefficient (Wildman–Crippen LogP) is 3.97. The summed E-state index contributed by atoms with van der Waals surface area (Å²) in [4.78, 5) is 0. The second-order valence-corrected chi connectivity index (χ2v) is 4.93. The topological polar surface area (TPSA) is 38.9 Å². The Kier molecular flexibility index (Phi) is 4.45. The van der Waals surface area contributed by atoms with E-state index in [1.165, 1.54) is 11.8 Å². The lowest BCUT2D eigenvalue weighted by Crippen LogP contribution is -1.81. The lowest BCUT2D eigenvalue weighted by atomic mass is 10.2. The molecule has 0 bridgehead atoms. The first-order valence-corrected chi connectivity index (χ1v) is 6.84. The van der Waals surface area contributed by atoms with Crippen LogP contribution in [0.4, 0.5) is 0 Å². The van der Waals surface area contributed by atoms with E-state index in [0.717, 1.165) is 29.2 Å². The number of halogens is 1. The van der Waals surface area contributed by atoms with E-state index in [2.05, 4.69) is 17.1 Å². The third-order valence-electron chi connectivity index (χ3n) is 2.22. The van der Waals surface area contributed by atoms with E-state index in [1.54, 1.807) is 0 Å². The lowest BCUT2D eigenvalue weighted by Gasteiger charge is -2.00. The van der Waals surface area contributed by atoms with Crippen LogP contribution >= 0.6 is 23.4 Å². The van der Waals surface area contributed by atoms with Crippen LogP contribution in [-0.4, -0.2) is 10.2 Å². The molecule has 0 aliphatic heterocycles. The Morgan fingerprint density at radius 2 is 2.12 bits per heavy atom. The summed E-state index contributed by atoms with van der Waals surface area (Å²) in [5, 5.41) is 9.33. The molecule has 0 atom stereocenters. The molecule has 1 aromatic carbocycles. The normalized spacial score (nSPS) is 10.7. The fourth-order valence-electron chi connectivity index (χ4n) is 1.37. The molecule has 0 unspecified atom stereocenters. The average molecular weight is 269 g/mol. The molecule has 5 heteroatoms. The Bertz CT molecular complexity index is 487. The Balaban J connectivity index is 1.95. The second-order valence-electron chi connectivity index (χ2n) is 3.59. The molecular weight excluding hydrogens is 256 g/mol. The molecule has 17 heavy (non-hydrogen) atoms. The molecule has 0 saturated heterocycles. The zero-order valence-electron chi connectivity index (χ0n) is 9.52. The largest absolute Gasteiger partial charge is 0.416 e. The molecule has 1 heterocycles. The number of nitrogens with zero attached hydrogens (tertiary/aromatic N) is 2. The Morgan fingerprint density at radius 1 is 1.29 bits per heavy atom. The third-order valence-corrected chi connectivity index (χ3v) is 3.46. The van der Waals surface area contributed by atoms with Gasteiger partial charge in [0.05, 0.1) is 0 Å². The van der Waals surface area contributed by atoms with E-state index >= 15 is 0 Å². The van der Waals surface area contributed by atoms with Gasteiger partial charge in [0.15, 0.2) is 0 Å². The standard InChI is InChI=1S/C12H13ClN2OS/c1-2-5-11-14-15-12(16-11)17-8-9-6-3-4-7-10(9)13/h3-4,6-7H,2,5,8H2,1H3. The van der Waals surface area contributed by atoms with E-state index in [9.17, 15) is 0 Å². The molecule has 1 aromatic heterocycles. The summed E-state index contributed by atoms with van der Waals surface area (Å²) in [5.41, 5.74) is 1.08. The molecule has 2 rings (SSSR count). The van der Waals surface area contributed by atoms with Crippen LogP contribution in [0, 0.1) is 0 Å². The molecule has 0 spiro atoms. The van der Waals surface area contributed by atoms with Gasteiger partial charge in [-0.3, -0.25) is 0 Å². The SMILES string of the molecule is CCCc1nnc(SCc2ccccc2Cl)o1. The quantitative estimate of drug-likeness (QED) is 0.769. The highest BCUT2D eigenvalue weighted by Gasteiger charge is 2.07. The monoisotopic (exact) mass is 268 g/mol. The van der Waals surface area contributed by atoms with Gasteiger partial charge < -0.3 is 4.42 Å². The summed E-state index contributed by atoms with van der Waals surface area (Å²) < 4.78 is 5.48. The number of thioether (sulfide) groups is 1. The maximum atomic E-state index is 6.07.